The van der Waals surface area contributed by atoms with E-state index >= 15 is 0 Å². The van der Waals surface area contributed by atoms with Gasteiger partial charge in [0.15, 0.2) is 0 Å². The van der Waals surface area contributed by atoms with Gasteiger partial charge in [-0.25, -0.2) is 0 Å². The maximum absolute atomic E-state index is 12.8. The molecule has 3 heteroatoms. The van der Waals surface area contributed by atoms with Crippen LogP contribution >= 0.6 is 0 Å². The first-order valence-corrected chi connectivity index (χ1v) is 6.60. The molecule has 3 rings (SSSR count). The number of aromatic hydroxyl groups is 1. The van der Waals surface area contributed by atoms with Gasteiger partial charge in [0.2, 0.25) is 5.43 Å². The molecule has 0 aliphatic rings. The van der Waals surface area contributed by atoms with Gasteiger partial charge in [-0.05, 0) is 42.3 Å². The van der Waals surface area contributed by atoms with Crippen LogP contribution in [-0.4, -0.2) is 5.11 Å². The molecule has 3 nitrogen and oxygen atoms in total. The number of phenolic OH excluding ortho intramolecular Hbond substituents is 1. The molecule has 0 saturated carbocycles. The monoisotopic (exact) mass is 278 g/mol. The molecular formula is C18H14O3. The minimum Gasteiger partial charge on any atom is -0.508 e. The van der Waals surface area contributed by atoms with E-state index in [-0.39, 0.29) is 11.2 Å². The van der Waals surface area contributed by atoms with Gasteiger partial charge >= 0.3 is 0 Å². The molecule has 1 aromatic heterocycles. The van der Waals surface area contributed by atoms with Crippen LogP contribution in [0.2, 0.25) is 0 Å². The van der Waals surface area contributed by atoms with Gasteiger partial charge in [0.05, 0.1) is 10.9 Å². The number of hydrogen-bond acceptors (Lipinski definition) is 3. The molecule has 0 atom stereocenters. The Balaban J connectivity index is 2.47. The zero-order valence-corrected chi connectivity index (χ0v) is 11.6. The van der Waals surface area contributed by atoms with Crippen LogP contribution in [0.4, 0.5) is 0 Å². The predicted molar refractivity (Wildman–Crippen MR) is 84.4 cm³/mol. The quantitative estimate of drug-likeness (QED) is 0.767. The summed E-state index contributed by atoms with van der Waals surface area (Å²) >= 11 is 0. The van der Waals surface area contributed by atoms with Crippen LogP contribution in [0.1, 0.15) is 11.3 Å². The Morgan fingerprint density at radius 3 is 2.67 bits per heavy atom. The fourth-order valence-electron chi connectivity index (χ4n) is 2.45. The van der Waals surface area contributed by atoms with E-state index in [1.54, 1.807) is 43.3 Å². The lowest BCUT2D eigenvalue weighted by Gasteiger charge is -2.10. The molecule has 0 saturated heterocycles. The molecule has 0 unspecified atom stereocenters. The smallest absolute Gasteiger partial charge is 0.201 e. The molecule has 0 aliphatic carbocycles. The van der Waals surface area contributed by atoms with Gasteiger partial charge in [-0.2, -0.15) is 0 Å². The van der Waals surface area contributed by atoms with Crippen molar-refractivity contribution in [1.82, 2.24) is 0 Å². The summed E-state index contributed by atoms with van der Waals surface area (Å²) in [5.41, 5.74) is 2.13. The molecule has 0 fully saturated rings. The number of phenols is 1. The lowest BCUT2D eigenvalue weighted by Crippen LogP contribution is -2.08. The molecule has 3 aromatic rings. The Morgan fingerprint density at radius 2 is 1.90 bits per heavy atom. The predicted octanol–water partition coefficient (Wildman–Crippen LogP) is 4.12. The largest absolute Gasteiger partial charge is 0.508 e. The summed E-state index contributed by atoms with van der Waals surface area (Å²) in [6, 6.07) is 12.2. The molecule has 0 amide bonds. The minimum absolute atomic E-state index is 0.125. The van der Waals surface area contributed by atoms with E-state index in [1.165, 1.54) is 6.08 Å². The number of fused-ring (bicyclic) bond motifs is 1. The van der Waals surface area contributed by atoms with Crippen molar-refractivity contribution >= 4 is 17.0 Å². The second-order valence-corrected chi connectivity index (χ2v) is 4.82. The van der Waals surface area contributed by atoms with Crippen molar-refractivity contribution < 1.29 is 9.52 Å². The van der Waals surface area contributed by atoms with Gasteiger partial charge < -0.3 is 9.52 Å². The minimum atomic E-state index is -0.125. The first kappa shape index (κ1) is 13.2. The molecule has 2 aromatic carbocycles. The standard InChI is InChI=1S/C18H14O3/c1-3-15-17(12-8-6-9-14(19)11(12)2)18(20)13-7-4-5-10-16(13)21-15/h3-10,19H,1H2,2H3. The molecule has 0 radical (unpaired) electrons. The normalized spacial score (nSPS) is 10.7. The van der Waals surface area contributed by atoms with Crippen molar-refractivity contribution in [3.05, 3.63) is 70.6 Å². The highest BCUT2D eigenvalue weighted by atomic mass is 16.3. The fourth-order valence-corrected chi connectivity index (χ4v) is 2.45. The molecule has 1 N–H and O–H groups in total. The van der Waals surface area contributed by atoms with E-state index in [1.807, 2.05) is 6.07 Å². The molecule has 0 aliphatic heterocycles. The number of benzene rings is 2. The summed E-state index contributed by atoms with van der Waals surface area (Å²) in [7, 11) is 0. The van der Waals surface area contributed by atoms with Gasteiger partial charge in [-0.3, -0.25) is 4.79 Å². The van der Waals surface area contributed by atoms with Crippen molar-refractivity contribution in [2.45, 2.75) is 6.92 Å². The van der Waals surface area contributed by atoms with E-state index in [9.17, 15) is 9.90 Å². The summed E-state index contributed by atoms with van der Waals surface area (Å²) in [6.07, 6.45) is 1.52. The molecule has 0 bridgehead atoms. The molecular weight excluding hydrogens is 264 g/mol. The van der Waals surface area contributed by atoms with Crippen molar-refractivity contribution in [2.24, 2.45) is 0 Å². The van der Waals surface area contributed by atoms with Gasteiger partial charge in [-0.15, -0.1) is 0 Å². The van der Waals surface area contributed by atoms with Crippen LogP contribution in [-0.2, 0) is 0 Å². The first-order valence-electron chi connectivity index (χ1n) is 6.60. The van der Waals surface area contributed by atoms with Crippen LogP contribution in [0, 0.1) is 6.92 Å². The van der Waals surface area contributed by atoms with E-state index < -0.39 is 0 Å². The summed E-state index contributed by atoms with van der Waals surface area (Å²) in [5.74, 6) is 0.558. The maximum Gasteiger partial charge on any atom is 0.201 e. The Morgan fingerprint density at radius 1 is 1.14 bits per heavy atom. The van der Waals surface area contributed by atoms with Crippen LogP contribution < -0.4 is 5.43 Å². The highest BCUT2D eigenvalue weighted by Crippen LogP contribution is 2.31. The van der Waals surface area contributed by atoms with Crippen molar-refractivity contribution in [3.63, 3.8) is 0 Å². The summed E-state index contributed by atoms with van der Waals surface area (Å²) in [6.45, 7) is 5.49. The molecule has 21 heavy (non-hydrogen) atoms. The van der Waals surface area contributed by atoms with E-state index in [0.717, 1.165) is 0 Å². The fraction of sp³-hybridized carbons (Fsp3) is 0.0556. The van der Waals surface area contributed by atoms with E-state index in [2.05, 4.69) is 6.58 Å². The van der Waals surface area contributed by atoms with E-state index in [0.29, 0.717) is 33.4 Å². The van der Waals surface area contributed by atoms with Gasteiger partial charge in [-0.1, -0.05) is 30.8 Å². The lowest BCUT2D eigenvalue weighted by molar-refractivity contribution is 0.471. The van der Waals surface area contributed by atoms with Gasteiger partial charge in [0.25, 0.3) is 0 Å². The van der Waals surface area contributed by atoms with Crippen LogP contribution in [0.3, 0.4) is 0 Å². The van der Waals surface area contributed by atoms with Crippen LogP contribution in [0.25, 0.3) is 28.2 Å². The van der Waals surface area contributed by atoms with Gasteiger partial charge in [0, 0.05) is 0 Å². The number of rotatable bonds is 2. The Hall–Kier alpha value is -2.81. The van der Waals surface area contributed by atoms with Crippen molar-refractivity contribution in [3.8, 4) is 16.9 Å². The summed E-state index contributed by atoms with van der Waals surface area (Å²) in [4.78, 5) is 12.8. The Bertz CT molecular complexity index is 904. The third kappa shape index (κ3) is 2.03. The molecule has 0 spiro atoms. The average Bonchev–Trinajstić information content (AvgIpc) is 2.50. The highest BCUT2D eigenvalue weighted by Gasteiger charge is 2.16. The van der Waals surface area contributed by atoms with Gasteiger partial charge in [0.1, 0.15) is 17.1 Å². The molecule has 104 valence electrons. The lowest BCUT2D eigenvalue weighted by atomic mass is 9.97. The maximum atomic E-state index is 12.8. The van der Waals surface area contributed by atoms with Crippen molar-refractivity contribution in [1.29, 1.82) is 0 Å². The number of para-hydroxylation sites is 1. The number of hydrogen-bond donors (Lipinski definition) is 1. The average molecular weight is 278 g/mol. The van der Waals surface area contributed by atoms with E-state index in [4.69, 9.17) is 4.42 Å². The van der Waals surface area contributed by atoms with Crippen LogP contribution in [0.5, 0.6) is 5.75 Å². The van der Waals surface area contributed by atoms with Crippen molar-refractivity contribution in [2.75, 3.05) is 0 Å². The summed E-state index contributed by atoms with van der Waals surface area (Å²) < 4.78 is 5.77. The summed E-state index contributed by atoms with van der Waals surface area (Å²) in [5, 5.41) is 10.4. The Kier molecular flexibility index (Phi) is 3.10. The first-order chi connectivity index (χ1) is 10.1. The SMILES string of the molecule is C=Cc1oc2ccccc2c(=O)c1-c1cccc(O)c1C. The second-order valence-electron chi connectivity index (χ2n) is 4.82. The highest BCUT2D eigenvalue weighted by molar-refractivity contribution is 5.86. The zero-order valence-electron chi connectivity index (χ0n) is 11.6. The Labute approximate surface area is 121 Å². The third-order valence-corrected chi connectivity index (χ3v) is 3.58. The second kappa shape index (κ2) is 4.94. The zero-order chi connectivity index (χ0) is 15.0. The third-order valence-electron chi connectivity index (χ3n) is 3.58. The van der Waals surface area contributed by atoms with Crippen LogP contribution in [0.15, 0.2) is 58.3 Å². The topological polar surface area (TPSA) is 50.4 Å². The molecule has 1 heterocycles.